The minimum absolute atomic E-state index is 0.111. The third-order valence-corrected chi connectivity index (χ3v) is 6.82. The Bertz CT molecular complexity index is 921. The van der Waals surface area contributed by atoms with Crippen LogP contribution in [0.15, 0.2) is 53.4 Å². The second-order valence-corrected chi connectivity index (χ2v) is 9.12. The first-order valence-electron chi connectivity index (χ1n) is 9.65. The zero-order valence-corrected chi connectivity index (χ0v) is 17.6. The quantitative estimate of drug-likeness (QED) is 0.749. The largest absolute Gasteiger partial charge is 0.497 e. The molecule has 3 rings (SSSR count). The molecule has 29 heavy (non-hydrogen) atoms. The first-order chi connectivity index (χ1) is 13.9. The normalized spacial score (nSPS) is 14.7. The predicted octanol–water partition coefficient (Wildman–Crippen LogP) is 2.94. The maximum absolute atomic E-state index is 12.6. The highest BCUT2D eigenvalue weighted by molar-refractivity contribution is 7.89. The molecule has 2 aromatic carbocycles. The Hall–Kier alpha value is -2.58. The Kier molecular flexibility index (Phi) is 6.76. The number of anilines is 2. The number of nitrogens with one attached hydrogen (secondary N) is 1. The number of hydrogen-bond donors (Lipinski definition) is 1. The van der Waals surface area contributed by atoms with Crippen LogP contribution in [-0.4, -0.2) is 52.4 Å². The molecule has 2 aromatic rings. The Morgan fingerprint density at radius 2 is 1.66 bits per heavy atom. The Balaban J connectivity index is 1.59. The van der Waals surface area contributed by atoms with Crippen LogP contribution in [0.1, 0.15) is 19.3 Å². The van der Waals surface area contributed by atoms with Gasteiger partial charge in [-0.05, 0) is 67.8 Å². The van der Waals surface area contributed by atoms with Gasteiger partial charge in [-0.25, -0.2) is 8.42 Å². The molecule has 1 N–H and O–H groups in total. The molecule has 0 radical (unpaired) electrons. The van der Waals surface area contributed by atoms with Crippen LogP contribution in [0.2, 0.25) is 0 Å². The van der Waals surface area contributed by atoms with E-state index in [1.165, 1.54) is 45.6 Å². The van der Waals surface area contributed by atoms with Crippen LogP contribution in [-0.2, 0) is 14.8 Å². The number of benzene rings is 2. The van der Waals surface area contributed by atoms with Crippen molar-refractivity contribution in [2.24, 2.45) is 0 Å². The summed E-state index contributed by atoms with van der Waals surface area (Å²) in [4.78, 5) is 14.8. The topological polar surface area (TPSA) is 79.0 Å². The smallest absolute Gasteiger partial charge is 0.243 e. The van der Waals surface area contributed by atoms with Crippen LogP contribution in [0.5, 0.6) is 5.75 Å². The second-order valence-electron chi connectivity index (χ2n) is 7.08. The second kappa shape index (κ2) is 9.28. The molecule has 1 aliphatic heterocycles. The van der Waals surface area contributed by atoms with Crippen molar-refractivity contribution in [3.05, 3.63) is 48.5 Å². The number of carbonyl (C=O) groups excluding carboxylic acids is 1. The third-order valence-electron chi connectivity index (χ3n) is 5.01. The molecule has 0 unspecified atom stereocenters. The zero-order valence-electron chi connectivity index (χ0n) is 16.8. The maximum Gasteiger partial charge on any atom is 0.243 e. The van der Waals surface area contributed by atoms with Gasteiger partial charge in [0.25, 0.3) is 0 Å². The molecule has 0 spiro atoms. The van der Waals surface area contributed by atoms with Gasteiger partial charge >= 0.3 is 0 Å². The summed E-state index contributed by atoms with van der Waals surface area (Å²) >= 11 is 0. The van der Waals surface area contributed by atoms with Crippen molar-refractivity contribution < 1.29 is 17.9 Å². The highest BCUT2D eigenvalue weighted by Gasteiger charge is 2.23. The summed E-state index contributed by atoms with van der Waals surface area (Å²) < 4.78 is 31.4. The summed E-state index contributed by atoms with van der Waals surface area (Å²) in [6.45, 7) is 1.83. The zero-order chi connectivity index (χ0) is 20.9. The van der Waals surface area contributed by atoms with E-state index < -0.39 is 15.9 Å². The summed E-state index contributed by atoms with van der Waals surface area (Å²) in [5.74, 6) is 0.174. The molecule has 0 aliphatic carbocycles. The van der Waals surface area contributed by atoms with E-state index in [0.717, 1.165) is 23.1 Å². The van der Waals surface area contributed by atoms with Crippen molar-refractivity contribution in [1.29, 1.82) is 0 Å². The number of carbonyl (C=O) groups is 1. The number of hydrogen-bond acceptors (Lipinski definition) is 5. The van der Waals surface area contributed by atoms with Crippen LogP contribution in [0, 0.1) is 0 Å². The van der Waals surface area contributed by atoms with Crippen LogP contribution < -0.4 is 15.0 Å². The monoisotopic (exact) mass is 417 g/mol. The van der Waals surface area contributed by atoms with Gasteiger partial charge in [-0.1, -0.05) is 0 Å². The van der Waals surface area contributed by atoms with E-state index in [1.807, 2.05) is 24.3 Å². The Morgan fingerprint density at radius 3 is 2.24 bits per heavy atom. The Labute approximate surface area is 172 Å². The highest BCUT2D eigenvalue weighted by Crippen LogP contribution is 2.22. The minimum Gasteiger partial charge on any atom is -0.497 e. The molecular weight excluding hydrogens is 390 g/mol. The number of amides is 1. The lowest BCUT2D eigenvalue weighted by Gasteiger charge is -2.28. The van der Waals surface area contributed by atoms with Crippen molar-refractivity contribution >= 4 is 27.3 Å². The molecule has 1 saturated heterocycles. The van der Waals surface area contributed by atoms with E-state index >= 15 is 0 Å². The molecule has 156 valence electrons. The van der Waals surface area contributed by atoms with Crippen molar-refractivity contribution in [3.63, 3.8) is 0 Å². The molecule has 1 fully saturated rings. The van der Waals surface area contributed by atoms with Crippen LogP contribution in [0.4, 0.5) is 11.4 Å². The summed E-state index contributed by atoms with van der Waals surface area (Å²) in [5.41, 5.74) is 1.79. The summed E-state index contributed by atoms with van der Waals surface area (Å²) in [7, 11) is -0.862. The van der Waals surface area contributed by atoms with Crippen molar-refractivity contribution in [1.82, 2.24) is 4.31 Å². The van der Waals surface area contributed by atoms with E-state index in [-0.39, 0.29) is 11.4 Å². The van der Waals surface area contributed by atoms with Crippen molar-refractivity contribution in [2.45, 2.75) is 24.2 Å². The average molecular weight is 418 g/mol. The lowest BCUT2D eigenvalue weighted by Crippen LogP contribution is -2.35. The van der Waals surface area contributed by atoms with Gasteiger partial charge in [-0.15, -0.1) is 0 Å². The average Bonchev–Trinajstić information content (AvgIpc) is 2.74. The highest BCUT2D eigenvalue weighted by atomic mass is 32.2. The van der Waals surface area contributed by atoms with E-state index in [9.17, 15) is 13.2 Å². The molecule has 0 saturated carbocycles. The molecule has 0 bridgehead atoms. The number of rotatable bonds is 7. The first-order valence-corrected chi connectivity index (χ1v) is 11.1. The van der Waals surface area contributed by atoms with Crippen LogP contribution in [0.25, 0.3) is 0 Å². The lowest BCUT2D eigenvalue weighted by molar-refractivity contribution is -0.116. The predicted molar refractivity (Wildman–Crippen MR) is 114 cm³/mol. The molecule has 1 heterocycles. The molecule has 7 nitrogen and oxygen atoms in total. The third kappa shape index (κ3) is 5.27. The van der Waals surface area contributed by atoms with Crippen LogP contribution in [0.3, 0.4) is 0 Å². The lowest BCUT2D eigenvalue weighted by atomic mass is 10.1. The van der Waals surface area contributed by atoms with Gasteiger partial charge in [0.1, 0.15) is 5.75 Å². The van der Waals surface area contributed by atoms with E-state index in [1.54, 1.807) is 12.1 Å². The summed E-state index contributed by atoms with van der Waals surface area (Å²) in [5, 5.41) is 2.76. The molecule has 1 aliphatic rings. The minimum atomic E-state index is -3.76. The molecule has 0 aromatic heterocycles. The maximum atomic E-state index is 12.6. The number of ether oxygens (including phenoxy) is 1. The SMILES string of the molecule is COc1ccc(S(=O)(=O)N(C)CC(=O)Nc2ccc(N3CCCCC3)cc2)cc1. The number of methoxy groups -OCH3 is 1. The van der Waals surface area contributed by atoms with Gasteiger partial charge in [0.2, 0.25) is 15.9 Å². The van der Waals surface area contributed by atoms with Crippen LogP contribution >= 0.6 is 0 Å². The first kappa shape index (κ1) is 21.1. The van der Waals surface area contributed by atoms with Gasteiger partial charge in [-0.3, -0.25) is 4.79 Å². The molecule has 1 amide bonds. The molecule has 0 atom stereocenters. The number of piperidine rings is 1. The number of nitrogens with zero attached hydrogens (tertiary/aromatic N) is 2. The summed E-state index contributed by atoms with van der Waals surface area (Å²) in [6.07, 6.45) is 3.68. The van der Waals surface area contributed by atoms with Gasteiger partial charge in [-0.2, -0.15) is 4.31 Å². The fourth-order valence-electron chi connectivity index (χ4n) is 3.32. The standard InChI is InChI=1S/C21H27N3O4S/c1-23(29(26,27)20-12-10-19(28-2)11-13-20)16-21(25)22-17-6-8-18(9-7-17)24-14-4-3-5-15-24/h6-13H,3-5,14-16H2,1-2H3,(H,22,25). The van der Waals surface area contributed by atoms with Gasteiger partial charge in [0, 0.05) is 31.5 Å². The Morgan fingerprint density at radius 1 is 1.03 bits per heavy atom. The molecular formula is C21H27N3O4S. The van der Waals surface area contributed by atoms with E-state index in [4.69, 9.17) is 4.74 Å². The summed E-state index contributed by atoms with van der Waals surface area (Å²) in [6, 6.07) is 13.7. The van der Waals surface area contributed by atoms with Crippen molar-refractivity contribution in [3.8, 4) is 5.75 Å². The van der Waals surface area contributed by atoms with Gasteiger partial charge in [0.05, 0.1) is 18.6 Å². The molecule has 8 heteroatoms. The van der Waals surface area contributed by atoms with E-state index in [0.29, 0.717) is 11.4 Å². The number of sulfonamides is 1. The fraction of sp³-hybridized carbons (Fsp3) is 0.381. The van der Waals surface area contributed by atoms with Crippen molar-refractivity contribution in [2.75, 3.05) is 44.0 Å². The fourth-order valence-corrected chi connectivity index (χ4v) is 4.45. The van der Waals surface area contributed by atoms with E-state index in [2.05, 4.69) is 10.2 Å². The van der Waals surface area contributed by atoms with Gasteiger partial charge < -0.3 is 15.0 Å². The number of likely N-dealkylation sites (N-methyl/N-ethyl adjacent to an activating group) is 1. The van der Waals surface area contributed by atoms with Gasteiger partial charge in [0.15, 0.2) is 0 Å².